The van der Waals surface area contributed by atoms with Crippen molar-refractivity contribution in [1.82, 2.24) is 19.7 Å². The van der Waals surface area contributed by atoms with Crippen LogP contribution in [0.3, 0.4) is 0 Å². The molecule has 4 rings (SSSR count). The average Bonchev–Trinajstić information content (AvgIpc) is 3.28. The molecule has 0 saturated heterocycles. The number of para-hydroxylation sites is 1. The molecule has 0 spiro atoms. The number of benzene rings is 2. The number of carbonyl (C=O) groups is 2. The van der Waals surface area contributed by atoms with E-state index in [0.717, 1.165) is 22.4 Å². The molecule has 34 heavy (non-hydrogen) atoms. The van der Waals surface area contributed by atoms with Gasteiger partial charge in [-0.2, -0.15) is 0 Å². The molecule has 0 fully saturated rings. The zero-order chi connectivity index (χ0) is 24.1. The molecule has 0 saturated carbocycles. The molecule has 0 aliphatic rings. The van der Waals surface area contributed by atoms with Crippen molar-refractivity contribution in [1.29, 1.82) is 0 Å². The second kappa shape index (κ2) is 10.3. The number of amides is 1. The van der Waals surface area contributed by atoms with E-state index in [1.807, 2.05) is 54.8 Å². The van der Waals surface area contributed by atoms with Gasteiger partial charge in [-0.15, -0.1) is 10.2 Å². The minimum Gasteiger partial charge on any atom is -0.465 e. The maximum atomic E-state index is 12.8. The Hall–Kier alpha value is -3.98. The minimum atomic E-state index is -0.458. The highest BCUT2D eigenvalue weighted by Gasteiger charge is 2.19. The summed E-state index contributed by atoms with van der Waals surface area (Å²) >= 11 is 1.28. The number of hydrogen-bond acceptors (Lipinski definition) is 7. The van der Waals surface area contributed by atoms with Gasteiger partial charge in [-0.05, 0) is 55.3 Å². The first-order chi connectivity index (χ1) is 16.5. The summed E-state index contributed by atoms with van der Waals surface area (Å²) in [6.07, 6.45) is 3.41. The van der Waals surface area contributed by atoms with Crippen molar-refractivity contribution in [2.45, 2.75) is 19.0 Å². The highest BCUT2D eigenvalue weighted by molar-refractivity contribution is 7.99. The van der Waals surface area contributed by atoms with E-state index < -0.39 is 5.97 Å². The van der Waals surface area contributed by atoms with Gasteiger partial charge in [0.25, 0.3) is 0 Å². The molecule has 4 aromatic rings. The monoisotopic (exact) mass is 473 g/mol. The van der Waals surface area contributed by atoms with Crippen molar-refractivity contribution >= 4 is 29.3 Å². The summed E-state index contributed by atoms with van der Waals surface area (Å²) in [4.78, 5) is 28.7. The fourth-order valence-electron chi connectivity index (χ4n) is 3.40. The molecule has 2 aromatic carbocycles. The van der Waals surface area contributed by atoms with Crippen LogP contribution in [0.4, 0.5) is 5.69 Å². The molecule has 1 amide bonds. The smallest absolute Gasteiger partial charge is 0.337 e. The highest BCUT2D eigenvalue weighted by Crippen LogP contribution is 2.29. The Morgan fingerprint density at radius 3 is 2.50 bits per heavy atom. The SMILES string of the molecule is COC(=O)c1ccc(C)c(NC(=O)CSc2nnc(-c3ccncc3)n2-c2ccccc2C)c1. The second-order valence-electron chi connectivity index (χ2n) is 7.52. The van der Waals surface area contributed by atoms with Gasteiger partial charge in [-0.1, -0.05) is 36.0 Å². The molecule has 0 unspecified atom stereocenters. The maximum absolute atomic E-state index is 12.8. The molecule has 0 bridgehead atoms. The number of aromatic nitrogens is 4. The number of aryl methyl sites for hydroxylation is 2. The molecular weight excluding hydrogens is 450 g/mol. The number of esters is 1. The van der Waals surface area contributed by atoms with Crippen LogP contribution < -0.4 is 5.32 Å². The molecule has 0 aliphatic carbocycles. The fourth-order valence-corrected chi connectivity index (χ4v) is 4.15. The Morgan fingerprint density at radius 2 is 1.76 bits per heavy atom. The van der Waals surface area contributed by atoms with E-state index in [1.165, 1.54) is 18.9 Å². The van der Waals surface area contributed by atoms with E-state index in [9.17, 15) is 9.59 Å². The van der Waals surface area contributed by atoms with E-state index >= 15 is 0 Å². The van der Waals surface area contributed by atoms with E-state index in [4.69, 9.17) is 4.74 Å². The van der Waals surface area contributed by atoms with Gasteiger partial charge in [-0.3, -0.25) is 14.3 Å². The number of nitrogens with one attached hydrogen (secondary N) is 1. The molecule has 0 radical (unpaired) electrons. The van der Waals surface area contributed by atoms with Gasteiger partial charge in [-0.25, -0.2) is 4.79 Å². The number of anilines is 1. The summed E-state index contributed by atoms with van der Waals surface area (Å²) in [5, 5.41) is 12.2. The second-order valence-corrected chi connectivity index (χ2v) is 8.46. The molecule has 1 N–H and O–H groups in total. The molecular formula is C25H23N5O3S. The van der Waals surface area contributed by atoms with Crippen molar-refractivity contribution in [2.75, 3.05) is 18.2 Å². The van der Waals surface area contributed by atoms with Crippen LogP contribution in [0.2, 0.25) is 0 Å². The molecule has 0 atom stereocenters. The summed E-state index contributed by atoms with van der Waals surface area (Å²) in [6, 6.07) is 16.7. The Kier molecular flexibility index (Phi) is 7.03. The topological polar surface area (TPSA) is 99.0 Å². The predicted molar refractivity (Wildman–Crippen MR) is 131 cm³/mol. The lowest BCUT2D eigenvalue weighted by atomic mass is 10.1. The van der Waals surface area contributed by atoms with E-state index in [0.29, 0.717) is 22.2 Å². The van der Waals surface area contributed by atoms with Crippen molar-refractivity contribution in [3.8, 4) is 17.1 Å². The third kappa shape index (κ3) is 4.99. The maximum Gasteiger partial charge on any atom is 0.337 e. The zero-order valence-corrected chi connectivity index (χ0v) is 19.8. The van der Waals surface area contributed by atoms with Gasteiger partial charge >= 0.3 is 5.97 Å². The third-order valence-electron chi connectivity index (χ3n) is 5.19. The predicted octanol–water partition coefficient (Wildman–Crippen LogP) is 4.46. The lowest BCUT2D eigenvalue weighted by molar-refractivity contribution is -0.113. The van der Waals surface area contributed by atoms with Gasteiger partial charge in [0, 0.05) is 23.6 Å². The highest BCUT2D eigenvalue weighted by atomic mass is 32.2. The first kappa shape index (κ1) is 23.2. The summed E-state index contributed by atoms with van der Waals surface area (Å²) < 4.78 is 6.72. The number of methoxy groups -OCH3 is 1. The summed E-state index contributed by atoms with van der Waals surface area (Å²) in [6.45, 7) is 3.88. The number of hydrogen-bond donors (Lipinski definition) is 1. The Bertz CT molecular complexity index is 1340. The lowest BCUT2D eigenvalue weighted by Crippen LogP contribution is -2.16. The average molecular weight is 474 g/mol. The molecule has 2 aromatic heterocycles. The number of ether oxygens (including phenoxy) is 1. The molecule has 9 heteroatoms. The first-order valence-electron chi connectivity index (χ1n) is 10.5. The quantitative estimate of drug-likeness (QED) is 0.312. The standard InChI is InChI=1S/C25H23N5O3S/c1-16-8-9-19(24(32)33-3)14-20(16)27-22(31)15-34-25-29-28-23(18-10-12-26-13-11-18)30(25)21-7-5-4-6-17(21)2/h4-14H,15H2,1-3H3,(H,27,31). The summed E-state index contributed by atoms with van der Waals surface area (Å²) in [5.74, 6) is 0.100. The number of carbonyl (C=O) groups excluding carboxylic acids is 2. The normalized spacial score (nSPS) is 10.7. The zero-order valence-electron chi connectivity index (χ0n) is 19.0. The Balaban J connectivity index is 1.58. The Labute approximate surface area is 201 Å². The van der Waals surface area contributed by atoms with E-state index in [2.05, 4.69) is 20.5 Å². The van der Waals surface area contributed by atoms with Crippen LogP contribution in [0.15, 0.2) is 72.1 Å². The minimum absolute atomic E-state index is 0.113. The lowest BCUT2D eigenvalue weighted by Gasteiger charge is -2.13. The van der Waals surface area contributed by atoms with Crippen molar-refractivity contribution in [2.24, 2.45) is 0 Å². The van der Waals surface area contributed by atoms with E-state index in [-0.39, 0.29) is 11.7 Å². The van der Waals surface area contributed by atoms with E-state index in [1.54, 1.807) is 30.6 Å². The fraction of sp³-hybridized carbons (Fsp3) is 0.160. The van der Waals surface area contributed by atoms with Crippen LogP contribution in [-0.4, -0.2) is 44.5 Å². The van der Waals surface area contributed by atoms with Crippen molar-refractivity contribution < 1.29 is 14.3 Å². The largest absolute Gasteiger partial charge is 0.465 e. The van der Waals surface area contributed by atoms with Gasteiger partial charge < -0.3 is 10.1 Å². The number of nitrogens with zero attached hydrogens (tertiary/aromatic N) is 4. The third-order valence-corrected chi connectivity index (χ3v) is 6.12. The van der Waals surface area contributed by atoms with Crippen LogP contribution in [0.25, 0.3) is 17.1 Å². The summed E-state index contributed by atoms with van der Waals surface area (Å²) in [7, 11) is 1.32. The van der Waals surface area contributed by atoms with Crippen LogP contribution in [0, 0.1) is 13.8 Å². The summed E-state index contributed by atoms with van der Waals surface area (Å²) in [5.41, 5.74) is 4.64. The molecule has 172 valence electrons. The van der Waals surface area contributed by atoms with Gasteiger partial charge in [0.2, 0.25) is 5.91 Å². The molecule has 8 nitrogen and oxygen atoms in total. The number of rotatable bonds is 7. The van der Waals surface area contributed by atoms with Crippen LogP contribution in [-0.2, 0) is 9.53 Å². The number of pyridine rings is 1. The van der Waals surface area contributed by atoms with Gasteiger partial charge in [0.1, 0.15) is 0 Å². The van der Waals surface area contributed by atoms with Gasteiger partial charge in [0.05, 0.1) is 24.1 Å². The molecule has 2 heterocycles. The number of thioether (sulfide) groups is 1. The van der Waals surface area contributed by atoms with Crippen LogP contribution in [0.1, 0.15) is 21.5 Å². The molecule has 0 aliphatic heterocycles. The van der Waals surface area contributed by atoms with Crippen LogP contribution >= 0.6 is 11.8 Å². The Morgan fingerprint density at radius 1 is 1.00 bits per heavy atom. The van der Waals surface area contributed by atoms with Crippen LogP contribution in [0.5, 0.6) is 0 Å². The van der Waals surface area contributed by atoms with Crippen molar-refractivity contribution in [3.63, 3.8) is 0 Å². The van der Waals surface area contributed by atoms with Crippen molar-refractivity contribution in [3.05, 3.63) is 83.7 Å². The van der Waals surface area contributed by atoms with Gasteiger partial charge in [0.15, 0.2) is 11.0 Å². The first-order valence-corrected chi connectivity index (χ1v) is 11.5.